The van der Waals surface area contributed by atoms with Crippen LogP contribution < -0.4 is 29.6 Å². The van der Waals surface area contributed by atoms with Crippen LogP contribution in [-0.2, 0) is 29.1 Å². The van der Waals surface area contributed by atoms with Gasteiger partial charge in [-0.25, -0.2) is 18.2 Å². The topological polar surface area (TPSA) is 195 Å². The van der Waals surface area contributed by atoms with Crippen LogP contribution in [0.25, 0.3) is 17.0 Å². The Hall–Kier alpha value is -4.90. The van der Waals surface area contributed by atoms with Gasteiger partial charge in [0.1, 0.15) is 35.2 Å². The molecule has 7 aliphatic rings. The molecule has 6 bridgehead atoms. The van der Waals surface area contributed by atoms with Crippen LogP contribution >= 0.6 is 0 Å². The molecule has 1 aromatic heterocycles. The quantitative estimate of drug-likeness (QED) is 0.297. The molecular formula is C42H54N6O10S. The summed E-state index contributed by atoms with van der Waals surface area (Å²) in [6.45, 7) is 7.23. The number of methoxy groups -OCH3 is 1. The molecule has 0 unspecified atom stereocenters. The van der Waals surface area contributed by atoms with Crippen LogP contribution in [0.3, 0.4) is 0 Å². The normalized spacial score (nSPS) is 29.4. The van der Waals surface area contributed by atoms with Crippen molar-refractivity contribution in [2.24, 2.45) is 11.8 Å². The molecule has 9 rings (SSSR count). The third kappa shape index (κ3) is 8.45. The van der Waals surface area contributed by atoms with Gasteiger partial charge in [0.05, 0.1) is 56.8 Å². The summed E-state index contributed by atoms with van der Waals surface area (Å²) >= 11 is 0. The zero-order valence-corrected chi connectivity index (χ0v) is 34.5. The number of hydrogen-bond acceptors (Lipinski definition) is 11. The molecule has 1 aromatic carbocycles. The predicted octanol–water partition coefficient (Wildman–Crippen LogP) is 3.44. The SMILES string of the molecule is C=C[C@@H]1C[C@]1(NC(=O)[C@@H]1C[C@@H]2CN1C(=O)[C@H](C1CCCCC1)NC(=O)N1CC(C1)OCC/C=C\c1cc3c(cc(OCC)nc3cc1OC)O2)C(=O)NS(=O)(=O)C1CC1. The van der Waals surface area contributed by atoms with E-state index in [2.05, 4.69) is 21.9 Å². The third-order valence-electron chi connectivity index (χ3n) is 12.5. The molecule has 2 saturated heterocycles. The Morgan fingerprint density at radius 3 is 2.56 bits per heavy atom. The monoisotopic (exact) mass is 834 g/mol. The highest BCUT2D eigenvalue weighted by Crippen LogP contribution is 2.46. The summed E-state index contributed by atoms with van der Waals surface area (Å²) < 4.78 is 52.3. The Morgan fingerprint density at radius 1 is 1.08 bits per heavy atom. The average Bonchev–Trinajstić information content (AvgIpc) is 4.14. The highest BCUT2D eigenvalue weighted by molar-refractivity contribution is 7.91. The van der Waals surface area contributed by atoms with Crippen LogP contribution in [0.15, 0.2) is 36.9 Å². The maximum atomic E-state index is 15.0. The highest BCUT2D eigenvalue weighted by atomic mass is 32.2. The second-order valence-corrected chi connectivity index (χ2v) is 18.5. The summed E-state index contributed by atoms with van der Waals surface area (Å²) in [4.78, 5) is 64.8. The molecule has 4 aliphatic heterocycles. The van der Waals surface area contributed by atoms with Crippen molar-refractivity contribution in [1.29, 1.82) is 0 Å². The number of nitrogens with zero attached hydrogens (tertiary/aromatic N) is 3. The maximum Gasteiger partial charge on any atom is 0.318 e. The van der Waals surface area contributed by atoms with Gasteiger partial charge in [0.2, 0.25) is 27.7 Å². The van der Waals surface area contributed by atoms with E-state index in [1.54, 1.807) is 18.1 Å². The van der Waals surface area contributed by atoms with Gasteiger partial charge in [-0.05, 0) is 57.4 Å². The number of aromatic nitrogens is 1. The van der Waals surface area contributed by atoms with Crippen LogP contribution in [0.4, 0.5) is 4.79 Å². The molecule has 0 spiro atoms. The second-order valence-electron chi connectivity index (χ2n) is 16.6. The number of pyridine rings is 1. The largest absolute Gasteiger partial charge is 0.496 e. The minimum absolute atomic E-state index is 0.00746. The Morgan fingerprint density at radius 2 is 1.86 bits per heavy atom. The Bertz CT molecular complexity index is 2130. The van der Waals surface area contributed by atoms with Crippen LogP contribution in [-0.4, -0.2) is 122 Å². The molecule has 318 valence electrons. The third-order valence-corrected chi connectivity index (χ3v) is 14.3. The molecule has 59 heavy (non-hydrogen) atoms. The number of benzene rings is 1. The molecule has 3 saturated carbocycles. The van der Waals surface area contributed by atoms with E-state index in [0.29, 0.717) is 73.8 Å². The molecule has 5 amide bonds. The van der Waals surface area contributed by atoms with Gasteiger partial charge in [-0.1, -0.05) is 37.5 Å². The molecule has 17 heteroatoms. The van der Waals surface area contributed by atoms with Gasteiger partial charge in [0.15, 0.2) is 0 Å². The van der Waals surface area contributed by atoms with E-state index in [1.807, 2.05) is 31.2 Å². The van der Waals surface area contributed by atoms with E-state index in [-0.39, 0.29) is 37.4 Å². The number of ether oxygens (including phenoxy) is 4. The van der Waals surface area contributed by atoms with Gasteiger partial charge >= 0.3 is 6.03 Å². The van der Waals surface area contributed by atoms with E-state index >= 15 is 4.79 Å². The standard InChI is InChI=1S/C42H54N6O10S/c1-4-27-21-42(27,40(51)46-59(53,54)30-14-15-30)45-38(49)33-18-28-24-48(33)39(50)37(25-11-7-6-8-12-25)44-41(52)47-22-29(23-47)57-16-10-9-13-26-17-31-32(19-34(26)55-3)43-36(56-5-2)20-35(31)58-28/h4,9,13,17,19-20,25,27-30,33,37H,1,5-8,10-12,14-16,18,21-24H2,2-3H3,(H,44,52)(H,45,49)(H,46,51)/b13-9-/t27-,28-,33+,37+,42-/m1/s1. The smallest absolute Gasteiger partial charge is 0.318 e. The van der Waals surface area contributed by atoms with Gasteiger partial charge in [-0.15, -0.1) is 6.58 Å². The molecule has 5 atom stereocenters. The van der Waals surface area contributed by atoms with Gasteiger partial charge in [0, 0.05) is 35.4 Å². The highest BCUT2D eigenvalue weighted by Gasteiger charge is 2.62. The molecule has 16 nitrogen and oxygen atoms in total. The average molecular weight is 835 g/mol. The number of urea groups is 1. The number of carbonyl (C=O) groups excluding carboxylic acids is 4. The number of rotatable bonds is 10. The fourth-order valence-electron chi connectivity index (χ4n) is 8.89. The molecule has 3 N–H and O–H groups in total. The number of sulfonamides is 1. The first kappa shape index (κ1) is 40.9. The van der Waals surface area contributed by atoms with Crippen molar-refractivity contribution in [1.82, 2.24) is 30.1 Å². The second kappa shape index (κ2) is 16.6. The van der Waals surface area contributed by atoms with E-state index in [9.17, 15) is 22.8 Å². The number of amides is 5. The minimum atomic E-state index is -3.91. The van der Waals surface area contributed by atoms with Crippen LogP contribution in [0.2, 0.25) is 0 Å². The van der Waals surface area contributed by atoms with Crippen LogP contribution in [0.5, 0.6) is 17.4 Å². The zero-order valence-electron chi connectivity index (χ0n) is 33.7. The summed E-state index contributed by atoms with van der Waals surface area (Å²) in [5.74, 6) is -1.22. The fourth-order valence-corrected chi connectivity index (χ4v) is 10.3. The molecule has 0 radical (unpaired) electrons. The lowest BCUT2D eigenvalue weighted by molar-refractivity contribution is -0.142. The van der Waals surface area contributed by atoms with Crippen LogP contribution in [0, 0.1) is 11.8 Å². The summed E-state index contributed by atoms with van der Waals surface area (Å²) in [5.41, 5.74) is -0.221. The Labute approximate surface area is 344 Å². The van der Waals surface area contributed by atoms with Crippen LogP contribution in [0.1, 0.15) is 76.7 Å². The number of carbonyl (C=O) groups is 4. The number of fused-ring (bicyclic) bond motifs is 6. The lowest BCUT2D eigenvalue weighted by Gasteiger charge is -2.41. The van der Waals surface area contributed by atoms with Crippen molar-refractivity contribution in [3.63, 3.8) is 0 Å². The first-order chi connectivity index (χ1) is 28.4. The van der Waals surface area contributed by atoms with E-state index in [0.717, 1.165) is 37.7 Å². The number of nitrogens with one attached hydrogen (secondary N) is 3. The Kier molecular flexibility index (Phi) is 11.5. The van der Waals surface area contributed by atoms with E-state index in [4.69, 9.17) is 23.9 Å². The predicted molar refractivity (Wildman–Crippen MR) is 217 cm³/mol. The Balaban J connectivity index is 1.16. The maximum absolute atomic E-state index is 15.0. The van der Waals surface area contributed by atoms with Crippen molar-refractivity contribution in [3.8, 4) is 17.4 Å². The van der Waals surface area contributed by atoms with Crippen molar-refractivity contribution in [2.75, 3.05) is 40.0 Å². The molecule has 3 aliphatic carbocycles. The van der Waals surface area contributed by atoms with Gasteiger partial charge < -0.3 is 39.4 Å². The van der Waals surface area contributed by atoms with Gasteiger partial charge in [-0.2, -0.15) is 0 Å². The molecule has 5 fully saturated rings. The summed E-state index contributed by atoms with van der Waals surface area (Å²) in [5, 5.41) is 5.94. The van der Waals surface area contributed by atoms with Crippen molar-refractivity contribution in [3.05, 3.63) is 42.5 Å². The fraction of sp³-hybridized carbons (Fsp3) is 0.595. The zero-order chi connectivity index (χ0) is 41.5. The lowest BCUT2D eigenvalue weighted by Crippen LogP contribution is -2.63. The first-order valence-corrected chi connectivity index (χ1v) is 22.4. The van der Waals surface area contributed by atoms with Gasteiger partial charge in [-0.3, -0.25) is 19.1 Å². The summed E-state index contributed by atoms with van der Waals surface area (Å²) in [6, 6.07) is 3.01. The molecular weight excluding hydrogens is 781 g/mol. The minimum Gasteiger partial charge on any atom is -0.496 e. The summed E-state index contributed by atoms with van der Waals surface area (Å²) in [6.07, 6.45) is 10.7. The first-order valence-electron chi connectivity index (χ1n) is 20.9. The van der Waals surface area contributed by atoms with E-state index < -0.39 is 62.6 Å². The van der Waals surface area contributed by atoms with Crippen molar-refractivity contribution < 1.29 is 46.5 Å². The lowest BCUT2D eigenvalue weighted by atomic mass is 9.83. The molecule has 5 heterocycles. The van der Waals surface area contributed by atoms with Crippen molar-refractivity contribution >= 4 is 50.8 Å². The molecule has 2 aromatic rings. The summed E-state index contributed by atoms with van der Waals surface area (Å²) in [7, 11) is -2.33. The van der Waals surface area contributed by atoms with E-state index in [1.165, 1.54) is 11.0 Å². The van der Waals surface area contributed by atoms with Crippen molar-refractivity contribution in [2.45, 2.75) is 106 Å². The van der Waals surface area contributed by atoms with Gasteiger partial charge in [0.25, 0.3) is 5.91 Å². The number of hydrogen-bond donors (Lipinski definition) is 3.